The molecule has 0 aliphatic carbocycles. The number of hydrogen-bond acceptors (Lipinski definition) is 3. The lowest BCUT2D eigenvalue weighted by atomic mass is 10.4. The molecule has 0 bridgehead atoms. The largest absolute Gasteiger partial charge is 0.322 e. The summed E-state index contributed by atoms with van der Waals surface area (Å²) < 4.78 is 25.2. The van der Waals surface area contributed by atoms with Crippen LogP contribution in [0.3, 0.4) is 0 Å². The standard InChI is InChI=1S/C10H10N2O2S/c13-15(14,9-12-7-6-11-8-12)10-4-2-1-3-5-10/h1-8H,9H2. The highest BCUT2D eigenvalue weighted by Crippen LogP contribution is 2.11. The highest BCUT2D eigenvalue weighted by Gasteiger charge is 2.13. The average Bonchev–Trinajstić information content (AvgIpc) is 2.71. The van der Waals surface area contributed by atoms with Crippen LogP contribution >= 0.6 is 0 Å². The van der Waals surface area contributed by atoms with Crippen LogP contribution in [0, 0.1) is 0 Å². The van der Waals surface area contributed by atoms with Gasteiger partial charge in [0.15, 0.2) is 9.84 Å². The second kappa shape index (κ2) is 3.86. The molecule has 4 nitrogen and oxygen atoms in total. The van der Waals surface area contributed by atoms with E-state index >= 15 is 0 Å². The summed E-state index contributed by atoms with van der Waals surface area (Å²) in [5, 5.41) is 0. The van der Waals surface area contributed by atoms with Crippen LogP contribution in [0.2, 0.25) is 0 Å². The second-order valence-corrected chi connectivity index (χ2v) is 5.09. The summed E-state index contributed by atoms with van der Waals surface area (Å²) in [6.07, 6.45) is 4.67. The normalized spacial score (nSPS) is 11.5. The molecular formula is C10H10N2O2S. The SMILES string of the molecule is O=S(=O)(Cn1ccnc1)c1ccccc1. The predicted octanol–water partition coefficient (Wildman–Crippen LogP) is 1.31. The Morgan fingerprint density at radius 1 is 1.20 bits per heavy atom. The first-order chi connectivity index (χ1) is 7.18. The van der Waals surface area contributed by atoms with Crippen LogP contribution in [0.5, 0.6) is 0 Å². The van der Waals surface area contributed by atoms with Gasteiger partial charge in [-0.3, -0.25) is 0 Å². The Bertz CT molecular complexity index is 518. The second-order valence-electron chi connectivity index (χ2n) is 3.13. The molecule has 1 aromatic carbocycles. The Kier molecular flexibility index (Phi) is 2.55. The summed E-state index contributed by atoms with van der Waals surface area (Å²) in [6, 6.07) is 8.39. The van der Waals surface area contributed by atoms with E-state index in [0.717, 1.165) is 0 Å². The highest BCUT2D eigenvalue weighted by molar-refractivity contribution is 7.90. The fourth-order valence-electron chi connectivity index (χ4n) is 1.26. The molecule has 2 rings (SSSR count). The summed E-state index contributed by atoms with van der Waals surface area (Å²) in [5.41, 5.74) is 0. The monoisotopic (exact) mass is 222 g/mol. The minimum atomic E-state index is -3.26. The molecule has 0 aliphatic rings. The minimum Gasteiger partial charge on any atom is -0.322 e. The lowest BCUT2D eigenvalue weighted by molar-refractivity contribution is 0.584. The molecule has 0 aliphatic heterocycles. The number of hydrogen-bond donors (Lipinski definition) is 0. The molecule has 0 saturated heterocycles. The number of imidazole rings is 1. The van der Waals surface area contributed by atoms with Crippen molar-refractivity contribution in [2.45, 2.75) is 10.8 Å². The Morgan fingerprint density at radius 3 is 2.53 bits per heavy atom. The van der Waals surface area contributed by atoms with E-state index in [9.17, 15) is 8.42 Å². The van der Waals surface area contributed by atoms with Crippen LogP contribution in [-0.2, 0) is 15.7 Å². The maximum Gasteiger partial charge on any atom is 0.196 e. The highest BCUT2D eigenvalue weighted by atomic mass is 32.2. The van der Waals surface area contributed by atoms with Gasteiger partial charge in [0.2, 0.25) is 0 Å². The summed E-state index contributed by atoms with van der Waals surface area (Å²) >= 11 is 0. The van der Waals surface area contributed by atoms with Crippen LogP contribution in [0.1, 0.15) is 0 Å². The van der Waals surface area contributed by atoms with Crippen LogP contribution in [0.25, 0.3) is 0 Å². The van der Waals surface area contributed by atoms with Gasteiger partial charge >= 0.3 is 0 Å². The number of benzene rings is 1. The zero-order valence-corrected chi connectivity index (χ0v) is 8.76. The van der Waals surface area contributed by atoms with Gasteiger partial charge in [0.25, 0.3) is 0 Å². The maximum atomic E-state index is 11.9. The molecule has 0 saturated carbocycles. The molecule has 0 radical (unpaired) electrons. The van der Waals surface area contributed by atoms with Crippen molar-refractivity contribution in [3.05, 3.63) is 49.1 Å². The molecule has 5 heteroatoms. The van der Waals surface area contributed by atoms with Crippen molar-refractivity contribution in [1.29, 1.82) is 0 Å². The fraction of sp³-hybridized carbons (Fsp3) is 0.100. The first-order valence-electron chi connectivity index (χ1n) is 4.42. The topological polar surface area (TPSA) is 52.0 Å². The van der Waals surface area contributed by atoms with Gasteiger partial charge in [0, 0.05) is 12.4 Å². The Hall–Kier alpha value is -1.62. The third-order valence-corrected chi connectivity index (χ3v) is 3.61. The van der Waals surface area contributed by atoms with Crippen LogP contribution in [0.4, 0.5) is 0 Å². The average molecular weight is 222 g/mol. The quantitative estimate of drug-likeness (QED) is 0.786. The fourth-order valence-corrected chi connectivity index (χ4v) is 2.53. The van der Waals surface area contributed by atoms with Crippen molar-refractivity contribution in [2.75, 3.05) is 0 Å². The minimum absolute atomic E-state index is 0.0724. The van der Waals surface area contributed by atoms with Crippen LogP contribution in [0.15, 0.2) is 53.9 Å². The molecule has 0 unspecified atom stereocenters. The smallest absolute Gasteiger partial charge is 0.196 e. The zero-order valence-electron chi connectivity index (χ0n) is 7.95. The van der Waals surface area contributed by atoms with Crippen molar-refractivity contribution < 1.29 is 8.42 Å². The Morgan fingerprint density at radius 2 is 1.93 bits per heavy atom. The van der Waals surface area contributed by atoms with Gasteiger partial charge in [-0.2, -0.15) is 0 Å². The molecule has 1 heterocycles. The first kappa shape index (κ1) is 9.92. The molecule has 0 atom stereocenters. The lowest BCUT2D eigenvalue weighted by Gasteiger charge is -2.04. The van der Waals surface area contributed by atoms with E-state index in [1.165, 1.54) is 10.9 Å². The zero-order chi connectivity index (χ0) is 10.7. The van der Waals surface area contributed by atoms with Gasteiger partial charge in [-0.25, -0.2) is 13.4 Å². The Balaban J connectivity index is 2.29. The number of aromatic nitrogens is 2. The third-order valence-electron chi connectivity index (χ3n) is 1.98. The first-order valence-corrected chi connectivity index (χ1v) is 6.07. The molecule has 0 N–H and O–H groups in total. The number of sulfone groups is 1. The molecule has 0 fully saturated rings. The molecule has 0 amide bonds. The van der Waals surface area contributed by atoms with Gasteiger partial charge < -0.3 is 4.57 Å². The van der Waals surface area contributed by atoms with Crippen LogP contribution in [-0.4, -0.2) is 18.0 Å². The molecular weight excluding hydrogens is 212 g/mol. The van der Waals surface area contributed by atoms with E-state index in [2.05, 4.69) is 4.98 Å². The lowest BCUT2D eigenvalue weighted by Crippen LogP contribution is -2.09. The van der Waals surface area contributed by atoms with E-state index in [0.29, 0.717) is 4.90 Å². The molecule has 78 valence electrons. The van der Waals surface area contributed by atoms with Crippen molar-refractivity contribution in [2.24, 2.45) is 0 Å². The summed E-state index contributed by atoms with van der Waals surface area (Å²) in [4.78, 5) is 4.13. The van der Waals surface area contributed by atoms with Crippen molar-refractivity contribution in [1.82, 2.24) is 9.55 Å². The van der Waals surface area contributed by atoms with Crippen molar-refractivity contribution in [3.8, 4) is 0 Å². The molecule has 2 aromatic rings. The van der Waals surface area contributed by atoms with Gasteiger partial charge in [-0.15, -0.1) is 0 Å². The van der Waals surface area contributed by atoms with E-state index in [1.807, 2.05) is 0 Å². The maximum absolute atomic E-state index is 11.9. The molecule has 15 heavy (non-hydrogen) atoms. The summed E-state index contributed by atoms with van der Waals surface area (Å²) in [7, 11) is -3.26. The van der Waals surface area contributed by atoms with Crippen molar-refractivity contribution in [3.63, 3.8) is 0 Å². The third kappa shape index (κ3) is 2.24. The van der Waals surface area contributed by atoms with E-state index < -0.39 is 9.84 Å². The summed E-state index contributed by atoms with van der Waals surface area (Å²) in [5.74, 6) is -0.0724. The van der Waals surface area contributed by atoms with Crippen LogP contribution < -0.4 is 0 Å². The van der Waals surface area contributed by atoms with Gasteiger partial charge in [0.1, 0.15) is 5.88 Å². The van der Waals surface area contributed by atoms with Crippen molar-refractivity contribution >= 4 is 9.84 Å². The molecule has 0 spiro atoms. The number of nitrogens with zero attached hydrogens (tertiary/aromatic N) is 2. The predicted molar refractivity (Wildman–Crippen MR) is 55.9 cm³/mol. The van der Waals surface area contributed by atoms with Gasteiger partial charge in [-0.1, -0.05) is 18.2 Å². The van der Waals surface area contributed by atoms with E-state index in [1.54, 1.807) is 42.7 Å². The molecule has 1 aromatic heterocycles. The Labute approximate surface area is 88.1 Å². The van der Waals surface area contributed by atoms with E-state index in [-0.39, 0.29) is 5.88 Å². The van der Waals surface area contributed by atoms with Gasteiger partial charge in [-0.05, 0) is 12.1 Å². The van der Waals surface area contributed by atoms with E-state index in [4.69, 9.17) is 0 Å². The number of rotatable bonds is 3. The van der Waals surface area contributed by atoms with Gasteiger partial charge in [0.05, 0.1) is 11.2 Å². The summed E-state index contributed by atoms with van der Waals surface area (Å²) in [6.45, 7) is 0.